The number of aliphatic hydroxyl groups is 1. The highest BCUT2D eigenvalue weighted by atomic mass is 16.4. The van der Waals surface area contributed by atoms with E-state index < -0.39 is 12.1 Å². The second-order valence-corrected chi connectivity index (χ2v) is 2.04. The summed E-state index contributed by atoms with van der Waals surface area (Å²) < 4.78 is 0. The molecule has 0 bridgehead atoms. The largest absolute Gasteiger partial charge is 0.481 e. The van der Waals surface area contributed by atoms with Gasteiger partial charge in [-0.3, -0.25) is 4.79 Å². The number of carboxylic acids is 1. The Balaban J connectivity index is 0. The molecular formula is C8H18O3. The molecule has 0 aromatic carbocycles. The summed E-state index contributed by atoms with van der Waals surface area (Å²) in [5, 5.41) is 17.0. The highest BCUT2D eigenvalue weighted by molar-refractivity contribution is 5.67. The van der Waals surface area contributed by atoms with E-state index in [1.54, 1.807) is 0 Å². The van der Waals surface area contributed by atoms with Crippen molar-refractivity contribution in [2.24, 2.45) is 0 Å². The van der Waals surface area contributed by atoms with Crippen molar-refractivity contribution >= 4 is 5.97 Å². The fraction of sp³-hybridized carbons (Fsp3) is 0.875. The van der Waals surface area contributed by atoms with Crippen LogP contribution < -0.4 is 0 Å². The first-order valence-electron chi connectivity index (χ1n) is 4.06. The number of hydrogen-bond acceptors (Lipinski definition) is 2. The van der Waals surface area contributed by atoms with Crippen molar-refractivity contribution in [3.63, 3.8) is 0 Å². The number of aliphatic carboxylic acids is 1. The molecule has 0 aromatic heterocycles. The Morgan fingerprint density at radius 1 is 1.45 bits per heavy atom. The molecule has 0 heterocycles. The molecular weight excluding hydrogens is 144 g/mol. The molecule has 0 amide bonds. The predicted molar refractivity (Wildman–Crippen MR) is 44.5 cm³/mol. The molecule has 2 N–H and O–H groups in total. The molecule has 0 rings (SSSR count). The molecule has 0 radical (unpaired) electrons. The zero-order valence-corrected chi connectivity index (χ0v) is 7.50. The van der Waals surface area contributed by atoms with Crippen LogP contribution in [0.2, 0.25) is 0 Å². The third-order valence-corrected chi connectivity index (χ3v) is 1.03. The first-order chi connectivity index (χ1) is 5.16. The zero-order valence-electron chi connectivity index (χ0n) is 7.50. The maximum absolute atomic E-state index is 9.92. The van der Waals surface area contributed by atoms with Crippen LogP contribution in [0.4, 0.5) is 0 Å². The Labute approximate surface area is 68.0 Å². The first-order valence-corrected chi connectivity index (χ1v) is 4.06. The lowest BCUT2D eigenvalue weighted by atomic mass is 10.1. The molecule has 68 valence electrons. The molecule has 1 atom stereocenters. The summed E-state index contributed by atoms with van der Waals surface area (Å²) in [6, 6.07) is 0. The summed E-state index contributed by atoms with van der Waals surface area (Å²) in [4.78, 5) is 9.92. The Hall–Kier alpha value is -0.570. The van der Waals surface area contributed by atoms with Gasteiger partial charge < -0.3 is 10.2 Å². The van der Waals surface area contributed by atoms with E-state index in [1.165, 1.54) is 0 Å². The predicted octanol–water partition coefficient (Wildman–Crippen LogP) is 1.65. The average molecular weight is 162 g/mol. The van der Waals surface area contributed by atoms with Crippen LogP contribution in [0.15, 0.2) is 0 Å². The van der Waals surface area contributed by atoms with Crippen LogP contribution in [0, 0.1) is 0 Å². The van der Waals surface area contributed by atoms with Gasteiger partial charge in [-0.2, -0.15) is 0 Å². The molecule has 1 unspecified atom stereocenters. The monoisotopic (exact) mass is 162 g/mol. The van der Waals surface area contributed by atoms with Crippen molar-refractivity contribution in [1.82, 2.24) is 0 Å². The molecule has 0 spiro atoms. The van der Waals surface area contributed by atoms with Crippen LogP contribution in [-0.4, -0.2) is 22.3 Å². The van der Waals surface area contributed by atoms with Crippen molar-refractivity contribution in [1.29, 1.82) is 0 Å². The average Bonchev–Trinajstić information content (AvgIpc) is 1.91. The Kier molecular flexibility index (Phi) is 11.2. The molecule has 3 heteroatoms. The summed E-state index contributed by atoms with van der Waals surface area (Å²) in [7, 11) is 0. The van der Waals surface area contributed by atoms with Gasteiger partial charge in [-0.1, -0.05) is 27.2 Å². The molecule has 0 aromatic rings. The molecule has 0 aliphatic heterocycles. The Bertz CT molecular complexity index is 91.3. The van der Waals surface area contributed by atoms with Crippen molar-refractivity contribution in [2.45, 2.75) is 46.1 Å². The standard InChI is InChI=1S/C6H12O3.C2H6/c1-2-3-5(7)4-6(8)9;1-2/h5,7H,2-4H2,1H3,(H,8,9);1-2H3. The number of rotatable bonds is 4. The second kappa shape index (κ2) is 9.43. The molecule has 0 saturated carbocycles. The minimum atomic E-state index is -0.934. The van der Waals surface area contributed by atoms with Gasteiger partial charge >= 0.3 is 5.97 Å². The van der Waals surface area contributed by atoms with E-state index in [-0.39, 0.29) is 6.42 Å². The lowest BCUT2D eigenvalue weighted by molar-refractivity contribution is -0.139. The van der Waals surface area contributed by atoms with E-state index in [2.05, 4.69) is 0 Å². The quantitative estimate of drug-likeness (QED) is 0.660. The van der Waals surface area contributed by atoms with Gasteiger partial charge in [0.15, 0.2) is 0 Å². The third kappa shape index (κ3) is 12.6. The maximum atomic E-state index is 9.92. The van der Waals surface area contributed by atoms with Gasteiger partial charge in [-0.25, -0.2) is 0 Å². The SMILES string of the molecule is CC.CCCC(O)CC(=O)O. The lowest BCUT2D eigenvalue weighted by Crippen LogP contribution is -2.11. The molecule has 11 heavy (non-hydrogen) atoms. The van der Waals surface area contributed by atoms with E-state index in [4.69, 9.17) is 10.2 Å². The number of carboxylic acid groups (broad SMARTS) is 1. The van der Waals surface area contributed by atoms with Crippen LogP contribution in [0.25, 0.3) is 0 Å². The first kappa shape index (κ1) is 13.1. The molecule has 0 aliphatic rings. The van der Waals surface area contributed by atoms with Gasteiger partial charge in [0.25, 0.3) is 0 Å². The minimum absolute atomic E-state index is 0.131. The Morgan fingerprint density at radius 3 is 2.18 bits per heavy atom. The topological polar surface area (TPSA) is 57.5 Å². The number of carbonyl (C=O) groups is 1. The van der Waals surface area contributed by atoms with Crippen molar-refractivity contribution in [3.8, 4) is 0 Å². The maximum Gasteiger partial charge on any atom is 0.305 e. The second-order valence-electron chi connectivity index (χ2n) is 2.04. The summed E-state index contributed by atoms with van der Waals surface area (Å²) in [5.41, 5.74) is 0. The van der Waals surface area contributed by atoms with E-state index >= 15 is 0 Å². The summed E-state index contributed by atoms with van der Waals surface area (Å²) in [5.74, 6) is -0.934. The van der Waals surface area contributed by atoms with Crippen LogP contribution in [0.5, 0.6) is 0 Å². The van der Waals surface area contributed by atoms with Gasteiger partial charge in [0.2, 0.25) is 0 Å². The van der Waals surface area contributed by atoms with Gasteiger partial charge in [0.05, 0.1) is 12.5 Å². The van der Waals surface area contributed by atoms with Crippen molar-refractivity contribution in [2.75, 3.05) is 0 Å². The Morgan fingerprint density at radius 2 is 1.91 bits per heavy atom. The highest BCUT2D eigenvalue weighted by Gasteiger charge is 2.06. The van der Waals surface area contributed by atoms with Crippen LogP contribution in [0.1, 0.15) is 40.0 Å². The lowest BCUT2D eigenvalue weighted by Gasteiger charge is -2.03. The fourth-order valence-corrected chi connectivity index (χ4v) is 0.637. The zero-order chi connectivity index (χ0) is 9.28. The summed E-state index contributed by atoms with van der Waals surface area (Å²) in [6.07, 6.45) is 0.613. The molecule has 3 nitrogen and oxygen atoms in total. The van der Waals surface area contributed by atoms with E-state index in [0.29, 0.717) is 6.42 Å². The fourth-order valence-electron chi connectivity index (χ4n) is 0.637. The molecule has 0 saturated heterocycles. The van der Waals surface area contributed by atoms with Gasteiger partial charge in [0.1, 0.15) is 0 Å². The number of aliphatic hydroxyl groups excluding tert-OH is 1. The molecule has 0 fully saturated rings. The van der Waals surface area contributed by atoms with Gasteiger partial charge in [-0.05, 0) is 6.42 Å². The van der Waals surface area contributed by atoms with Crippen LogP contribution in [0.3, 0.4) is 0 Å². The van der Waals surface area contributed by atoms with E-state index in [1.807, 2.05) is 20.8 Å². The van der Waals surface area contributed by atoms with Gasteiger partial charge in [-0.15, -0.1) is 0 Å². The third-order valence-electron chi connectivity index (χ3n) is 1.03. The van der Waals surface area contributed by atoms with Crippen LogP contribution >= 0.6 is 0 Å². The minimum Gasteiger partial charge on any atom is -0.481 e. The smallest absolute Gasteiger partial charge is 0.305 e. The summed E-state index contributed by atoms with van der Waals surface area (Å²) >= 11 is 0. The van der Waals surface area contributed by atoms with E-state index in [0.717, 1.165) is 6.42 Å². The van der Waals surface area contributed by atoms with Gasteiger partial charge in [0, 0.05) is 0 Å². The van der Waals surface area contributed by atoms with Crippen molar-refractivity contribution < 1.29 is 15.0 Å². The number of hydrogen-bond donors (Lipinski definition) is 2. The van der Waals surface area contributed by atoms with Crippen LogP contribution in [-0.2, 0) is 4.79 Å². The summed E-state index contributed by atoms with van der Waals surface area (Å²) in [6.45, 7) is 5.91. The van der Waals surface area contributed by atoms with Crippen molar-refractivity contribution in [3.05, 3.63) is 0 Å². The van der Waals surface area contributed by atoms with E-state index in [9.17, 15) is 4.79 Å². The highest BCUT2D eigenvalue weighted by Crippen LogP contribution is 1.99. The molecule has 0 aliphatic carbocycles. The normalized spacial score (nSPS) is 11.3.